The van der Waals surface area contributed by atoms with Crippen LogP contribution in [-0.4, -0.2) is 10.1 Å². The van der Waals surface area contributed by atoms with E-state index in [-0.39, 0.29) is 11.5 Å². The van der Waals surface area contributed by atoms with E-state index in [2.05, 4.69) is 10.1 Å². The zero-order valence-corrected chi connectivity index (χ0v) is 11.4. The third-order valence-electron chi connectivity index (χ3n) is 2.39. The maximum Gasteiger partial charge on any atom is 0.417 e. The van der Waals surface area contributed by atoms with Crippen LogP contribution in [0.15, 0.2) is 28.8 Å². The fraction of sp³-hybridized carbons (Fsp3) is 0.385. The molecule has 0 saturated heterocycles. The molecule has 0 spiro atoms. The molecule has 18 heavy (non-hydrogen) atoms. The van der Waals surface area contributed by atoms with Crippen LogP contribution in [0.5, 0.6) is 6.08 Å². The Labute approximate surface area is 111 Å². The molecule has 0 bridgehead atoms. The van der Waals surface area contributed by atoms with Gasteiger partial charge >= 0.3 is 6.08 Å². The van der Waals surface area contributed by atoms with Gasteiger partial charge in [-0.15, -0.1) is 0 Å². The minimum Gasteiger partial charge on any atom is -0.444 e. The zero-order valence-electron chi connectivity index (χ0n) is 10.6. The minimum atomic E-state index is -0.157. The molecule has 4 nitrogen and oxygen atoms in total. The molecule has 0 aliphatic carbocycles. The Morgan fingerprint density at radius 2 is 2.00 bits per heavy atom. The molecule has 0 unspecified atom stereocenters. The second-order valence-corrected chi connectivity index (χ2v) is 5.42. The van der Waals surface area contributed by atoms with E-state index < -0.39 is 0 Å². The van der Waals surface area contributed by atoms with Gasteiger partial charge in [-0.2, -0.15) is 4.98 Å². The molecule has 1 aromatic heterocycles. The average Bonchev–Trinajstić information content (AvgIpc) is 2.76. The van der Waals surface area contributed by atoms with Crippen molar-refractivity contribution in [1.82, 2.24) is 10.1 Å². The third-order valence-corrected chi connectivity index (χ3v) is 2.76. The van der Waals surface area contributed by atoms with Crippen LogP contribution in [0.1, 0.15) is 32.2 Å². The van der Waals surface area contributed by atoms with E-state index in [1.807, 2.05) is 45.0 Å². The maximum atomic E-state index is 6.02. The van der Waals surface area contributed by atoms with Gasteiger partial charge in [-0.1, -0.05) is 55.7 Å². The summed E-state index contributed by atoms with van der Waals surface area (Å²) in [6.45, 7) is 6.34. The average molecular weight is 267 g/mol. The standard InChI is InChI=1S/C13H15ClN2O2/c1-13(2,3)11-15-12(18-16-11)17-8-9-6-4-5-7-10(9)14/h4-7H,8H2,1-3H3. The van der Waals surface area contributed by atoms with Crippen LogP contribution in [0.2, 0.25) is 5.02 Å². The second-order valence-electron chi connectivity index (χ2n) is 5.01. The highest BCUT2D eigenvalue weighted by atomic mass is 35.5. The Hall–Kier alpha value is -1.55. The first-order valence-electron chi connectivity index (χ1n) is 5.67. The van der Waals surface area contributed by atoms with Crippen LogP contribution in [0.3, 0.4) is 0 Å². The molecule has 96 valence electrons. The highest BCUT2D eigenvalue weighted by Gasteiger charge is 2.21. The van der Waals surface area contributed by atoms with Gasteiger partial charge in [-0.3, -0.25) is 4.52 Å². The van der Waals surface area contributed by atoms with E-state index in [4.69, 9.17) is 20.9 Å². The highest BCUT2D eigenvalue weighted by Crippen LogP contribution is 2.22. The fourth-order valence-corrected chi connectivity index (χ4v) is 1.52. The van der Waals surface area contributed by atoms with Crippen LogP contribution in [0.25, 0.3) is 0 Å². The van der Waals surface area contributed by atoms with Gasteiger partial charge in [0.15, 0.2) is 5.82 Å². The maximum absolute atomic E-state index is 6.02. The van der Waals surface area contributed by atoms with Crippen molar-refractivity contribution in [2.75, 3.05) is 0 Å². The minimum absolute atomic E-state index is 0.157. The number of nitrogens with zero attached hydrogens (tertiary/aromatic N) is 2. The summed E-state index contributed by atoms with van der Waals surface area (Å²) >= 11 is 6.02. The highest BCUT2D eigenvalue weighted by molar-refractivity contribution is 6.31. The van der Waals surface area contributed by atoms with Crippen molar-refractivity contribution < 1.29 is 9.26 Å². The van der Waals surface area contributed by atoms with E-state index >= 15 is 0 Å². The van der Waals surface area contributed by atoms with Crippen LogP contribution < -0.4 is 4.74 Å². The lowest BCUT2D eigenvalue weighted by Crippen LogP contribution is -2.13. The van der Waals surface area contributed by atoms with Crippen molar-refractivity contribution in [3.63, 3.8) is 0 Å². The van der Waals surface area contributed by atoms with E-state index in [1.165, 1.54) is 0 Å². The number of hydrogen-bond donors (Lipinski definition) is 0. The molecule has 0 aliphatic heterocycles. The van der Waals surface area contributed by atoms with Crippen LogP contribution in [0.4, 0.5) is 0 Å². The van der Waals surface area contributed by atoms with E-state index in [0.717, 1.165) is 5.56 Å². The lowest BCUT2D eigenvalue weighted by Gasteiger charge is -2.10. The van der Waals surface area contributed by atoms with E-state index in [9.17, 15) is 0 Å². The summed E-state index contributed by atoms with van der Waals surface area (Å²) in [5.74, 6) is 0.622. The normalized spacial score (nSPS) is 11.6. The summed E-state index contributed by atoms with van der Waals surface area (Å²) in [6, 6.07) is 7.48. The summed E-state index contributed by atoms with van der Waals surface area (Å²) in [5.41, 5.74) is 0.727. The topological polar surface area (TPSA) is 48.2 Å². The summed E-state index contributed by atoms with van der Waals surface area (Å²) < 4.78 is 10.5. The number of halogens is 1. The molecule has 0 saturated carbocycles. The molecule has 0 fully saturated rings. The van der Waals surface area contributed by atoms with Gasteiger partial charge in [-0.25, -0.2) is 0 Å². The summed E-state index contributed by atoms with van der Waals surface area (Å²) in [4.78, 5) is 4.18. The number of aromatic nitrogens is 2. The van der Waals surface area contributed by atoms with Crippen molar-refractivity contribution in [3.8, 4) is 6.08 Å². The predicted molar refractivity (Wildman–Crippen MR) is 68.8 cm³/mol. The largest absolute Gasteiger partial charge is 0.444 e. The van der Waals surface area contributed by atoms with Crippen molar-refractivity contribution in [3.05, 3.63) is 40.7 Å². The van der Waals surface area contributed by atoms with E-state index in [0.29, 0.717) is 17.5 Å². The third kappa shape index (κ3) is 3.01. The van der Waals surface area contributed by atoms with Crippen molar-refractivity contribution in [2.24, 2.45) is 0 Å². The molecule has 1 aromatic carbocycles. The first kappa shape index (κ1) is 12.9. The molecule has 0 radical (unpaired) electrons. The molecular weight excluding hydrogens is 252 g/mol. The molecule has 5 heteroatoms. The molecule has 0 amide bonds. The second kappa shape index (κ2) is 4.98. The van der Waals surface area contributed by atoms with Gasteiger partial charge in [0, 0.05) is 16.0 Å². The van der Waals surface area contributed by atoms with Gasteiger partial charge in [0.2, 0.25) is 0 Å². The van der Waals surface area contributed by atoms with Crippen LogP contribution in [0, 0.1) is 0 Å². The number of rotatable bonds is 3. The Bertz CT molecular complexity index is 532. The van der Waals surface area contributed by atoms with E-state index in [1.54, 1.807) is 0 Å². The summed E-state index contributed by atoms with van der Waals surface area (Å²) in [7, 11) is 0. The van der Waals surface area contributed by atoms with Gasteiger partial charge in [0.05, 0.1) is 0 Å². The Kier molecular flexibility index (Phi) is 3.57. The smallest absolute Gasteiger partial charge is 0.417 e. The Balaban J connectivity index is 2.03. The van der Waals surface area contributed by atoms with Crippen molar-refractivity contribution in [1.29, 1.82) is 0 Å². The summed E-state index contributed by atoms with van der Waals surface area (Å²) in [5, 5.41) is 4.54. The Morgan fingerprint density at radius 3 is 2.61 bits per heavy atom. The van der Waals surface area contributed by atoms with Gasteiger partial charge in [-0.05, 0) is 6.07 Å². The van der Waals surface area contributed by atoms with Gasteiger partial charge < -0.3 is 4.74 Å². The molecule has 2 rings (SSSR count). The lowest BCUT2D eigenvalue weighted by atomic mass is 9.96. The Morgan fingerprint density at radius 1 is 1.28 bits per heavy atom. The van der Waals surface area contributed by atoms with Gasteiger partial charge in [0.25, 0.3) is 0 Å². The molecular formula is C13H15ClN2O2. The molecule has 0 atom stereocenters. The van der Waals surface area contributed by atoms with Crippen LogP contribution in [-0.2, 0) is 12.0 Å². The lowest BCUT2D eigenvalue weighted by molar-refractivity contribution is 0.195. The number of benzene rings is 1. The van der Waals surface area contributed by atoms with Crippen molar-refractivity contribution >= 4 is 11.6 Å². The number of ether oxygens (including phenoxy) is 1. The first-order valence-corrected chi connectivity index (χ1v) is 6.05. The van der Waals surface area contributed by atoms with Crippen molar-refractivity contribution in [2.45, 2.75) is 32.8 Å². The zero-order chi connectivity index (χ0) is 13.2. The first-order chi connectivity index (χ1) is 8.47. The molecule has 1 heterocycles. The van der Waals surface area contributed by atoms with Gasteiger partial charge in [0.1, 0.15) is 6.61 Å². The monoisotopic (exact) mass is 266 g/mol. The summed E-state index contributed by atoms with van der Waals surface area (Å²) in [6.07, 6.45) is 0.167. The number of hydrogen-bond acceptors (Lipinski definition) is 4. The van der Waals surface area contributed by atoms with Crippen LogP contribution >= 0.6 is 11.6 Å². The quantitative estimate of drug-likeness (QED) is 0.852. The molecule has 2 aromatic rings. The molecule has 0 N–H and O–H groups in total. The SMILES string of the molecule is CC(C)(C)c1noc(OCc2ccccc2Cl)n1. The fourth-order valence-electron chi connectivity index (χ4n) is 1.33. The molecule has 0 aliphatic rings. The predicted octanol–water partition coefficient (Wildman–Crippen LogP) is 3.60.